The molecule has 64 valence electrons. The van der Waals surface area contributed by atoms with E-state index in [1.54, 1.807) is 0 Å². The molecule has 0 fully saturated rings. The van der Waals surface area contributed by atoms with E-state index < -0.39 is 6.03 Å². The van der Waals surface area contributed by atoms with Crippen LogP contribution in [-0.2, 0) is 0 Å². The van der Waals surface area contributed by atoms with Crippen LogP contribution in [-0.4, -0.2) is 11.1 Å². The molecule has 0 aromatic heterocycles. The van der Waals surface area contributed by atoms with Gasteiger partial charge in [0.1, 0.15) is 5.75 Å². The van der Waals surface area contributed by atoms with E-state index in [-0.39, 0.29) is 5.75 Å². The molecule has 5 nitrogen and oxygen atoms in total. The van der Waals surface area contributed by atoms with E-state index in [1.807, 2.05) is 0 Å². The topological polar surface area (TPSA) is 101 Å². The molecule has 0 saturated carbocycles. The second kappa shape index (κ2) is 3.00. The number of nitrogens with one attached hydrogen (secondary N) is 1. The Morgan fingerprint density at radius 1 is 1.50 bits per heavy atom. The van der Waals surface area contributed by atoms with Crippen LogP contribution in [0, 0.1) is 0 Å². The number of primary amides is 1. The van der Waals surface area contributed by atoms with E-state index in [0.29, 0.717) is 11.4 Å². The number of hydrogen-bond acceptors (Lipinski definition) is 3. The lowest BCUT2D eigenvalue weighted by Gasteiger charge is -2.05. The van der Waals surface area contributed by atoms with Gasteiger partial charge in [-0.05, 0) is 12.1 Å². The number of carbonyl (C=O) groups is 1. The maximum atomic E-state index is 10.4. The zero-order chi connectivity index (χ0) is 9.14. The van der Waals surface area contributed by atoms with Gasteiger partial charge in [-0.15, -0.1) is 0 Å². The van der Waals surface area contributed by atoms with Crippen LogP contribution in [0.25, 0.3) is 0 Å². The Kier molecular flexibility index (Phi) is 2.05. The van der Waals surface area contributed by atoms with Gasteiger partial charge >= 0.3 is 6.03 Å². The van der Waals surface area contributed by atoms with Gasteiger partial charge in [-0.25, -0.2) is 4.79 Å². The molecule has 0 heterocycles. The molecule has 2 amide bonds. The lowest BCUT2D eigenvalue weighted by molar-refractivity contribution is 0.259. The van der Waals surface area contributed by atoms with Crippen LogP contribution in [0.2, 0.25) is 0 Å². The number of rotatable bonds is 1. The quantitative estimate of drug-likeness (QED) is 0.361. The third-order valence-electron chi connectivity index (χ3n) is 1.29. The molecular formula is C7H9N3O2. The van der Waals surface area contributed by atoms with Crippen LogP contribution >= 0.6 is 0 Å². The van der Waals surface area contributed by atoms with Gasteiger partial charge in [0.05, 0.1) is 11.4 Å². The predicted molar refractivity (Wildman–Crippen MR) is 45.7 cm³/mol. The van der Waals surface area contributed by atoms with Gasteiger partial charge in [0.25, 0.3) is 0 Å². The van der Waals surface area contributed by atoms with E-state index in [4.69, 9.17) is 16.6 Å². The van der Waals surface area contributed by atoms with Gasteiger partial charge in [-0.3, -0.25) is 0 Å². The molecule has 0 saturated heterocycles. The lowest BCUT2D eigenvalue weighted by Crippen LogP contribution is -2.19. The van der Waals surface area contributed by atoms with Crippen molar-refractivity contribution in [2.24, 2.45) is 5.73 Å². The molecular weight excluding hydrogens is 158 g/mol. The van der Waals surface area contributed by atoms with Crippen molar-refractivity contribution in [2.75, 3.05) is 11.1 Å². The summed E-state index contributed by atoms with van der Waals surface area (Å²) in [6.45, 7) is 0. The fourth-order valence-electron chi connectivity index (χ4n) is 0.785. The monoisotopic (exact) mass is 167 g/mol. The first kappa shape index (κ1) is 8.19. The highest BCUT2D eigenvalue weighted by molar-refractivity contribution is 5.91. The Hall–Kier alpha value is -1.91. The lowest BCUT2D eigenvalue weighted by atomic mass is 10.2. The molecule has 0 bridgehead atoms. The van der Waals surface area contributed by atoms with Gasteiger partial charge < -0.3 is 21.9 Å². The first-order valence-electron chi connectivity index (χ1n) is 3.24. The van der Waals surface area contributed by atoms with Crippen LogP contribution in [0.3, 0.4) is 0 Å². The minimum Gasteiger partial charge on any atom is -0.508 e. The molecule has 6 N–H and O–H groups in total. The molecule has 0 radical (unpaired) electrons. The Morgan fingerprint density at radius 3 is 2.75 bits per heavy atom. The summed E-state index contributed by atoms with van der Waals surface area (Å²) in [6, 6.07) is 3.50. The average Bonchev–Trinajstić information content (AvgIpc) is 1.96. The number of phenols is 1. The Balaban J connectivity index is 2.97. The van der Waals surface area contributed by atoms with E-state index in [9.17, 15) is 4.79 Å². The highest BCUT2D eigenvalue weighted by Crippen LogP contribution is 2.22. The van der Waals surface area contributed by atoms with Crippen molar-refractivity contribution in [3.8, 4) is 5.75 Å². The zero-order valence-corrected chi connectivity index (χ0v) is 6.24. The summed E-state index contributed by atoms with van der Waals surface area (Å²) >= 11 is 0. The van der Waals surface area contributed by atoms with Crippen molar-refractivity contribution in [1.82, 2.24) is 0 Å². The second-order valence-corrected chi connectivity index (χ2v) is 2.26. The molecule has 12 heavy (non-hydrogen) atoms. The van der Waals surface area contributed by atoms with Crippen molar-refractivity contribution >= 4 is 17.4 Å². The summed E-state index contributed by atoms with van der Waals surface area (Å²) < 4.78 is 0. The number of benzene rings is 1. The predicted octanol–water partition coefficient (Wildman–Crippen LogP) is 0.465. The fourth-order valence-corrected chi connectivity index (χ4v) is 0.785. The first-order valence-corrected chi connectivity index (χ1v) is 3.24. The van der Waals surface area contributed by atoms with Crippen LogP contribution < -0.4 is 16.8 Å². The summed E-state index contributed by atoms with van der Waals surface area (Å²) in [7, 11) is 0. The van der Waals surface area contributed by atoms with Gasteiger partial charge in [-0.1, -0.05) is 0 Å². The van der Waals surface area contributed by atoms with Crippen LogP contribution in [0.1, 0.15) is 0 Å². The smallest absolute Gasteiger partial charge is 0.316 e. The van der Waals surface area contributed by atoms with E-state index >= 15 is 0 Å². The molecule has 5 heteroatoms. The van der Waals surface area contributed by atoms with Crippen molar-refractivity contribution in [1.29, 1.82) is 0 Å². The largest absolute Gasteiger partial charge is 0.508 e. The highest BCUT2D eigenvalue weighted by Gasteiger charge is 2.01. The molecule has 0 unspecified atom stereocenters. The number of urea groups is 1. The molecule has 0 aliphatic heterocycles. The Morgan fingerprint density at radius 2 is 2.17 bits per heavy atom. The van der Waals surface area contributed by atoms with Gasteiger partial charge in [0.15, 0.2) is 0 Å². The number of amides is 2. The normalized spacial score (nSPS) is 9.33. The van der Waals surface area contributed by atoms with E-state index in [2.05, 4.69) is 5.32 Å². The maximum absolute atomic E-state index is 10.4. The third-order valence-corrected chi connectivity index (χ3v) is 1.29. The molecule has 0 aliphatic rings. The summed E-state index contributed by atoms with van der Waals surface area (Å²) in [5.41, 5.74) is 11.0. The van der Waals surface area contributed by atoms with Crippen molar-refractivity contribution in [3.05, 3.63) is 18.2 Å². The molecule has 0 aliphatic carbocycles. The molecule has 0 spiro atoms. The number of carbonyl (C=O) groups excluding carboxylic acids is 1. The standard InChI is InChI=1S/C7H9N3O2/c8-5-2-1-4(11)3-6(5)10-7(9)12/h1-3,11H,8H2,(H3,9,10,12). The third kappa shape index (κ3) is 1.79. The van der Waals surface area contributed by atoms with Gasteiger partial charge in [0.2, 0.25) is 0 Å². The maximum Gasteiger partial charge on any atom is 0.316 e. The van der Waals surface area contributed by atoms with Crippen molar-refractivity contribution < 1.29 is 9.90 Å². The zero-order valence-electron chi connectivity index (χ0n) is 6.24. The fraction of sp³-hybridized carbons (Fsp3) is 0. The summed E-state index contributed by atoms with van der Waals surface area (Å²) in [4.78, 5) is 10.4. The summed E-state index contributed by atoms with van der Waals surface area (Å²) in [6.07, 6.45) is 0. The van der Waals surface area contributed by atoms with Crippen molar-refractivity contribution in [3.63, 3.8) is 0 Å². The summed E-state index contributed by atoms with van der Waals surface area (Å²) in [5.74, 6) is 0.0213. The van der Waals surface area contributed by atoms with Gasteiger partial charge in [0, 0.05) is 6.07 Å². The van der Waals surface area contributed by atoms with E-state index in [1.165, 1.54) is 18.2 Å². The SMILES string of the molecule is NC(=O)Nc1cc(O)ccc1N. The summed E-state index contributed by atoms with van der Waals surface area (Å²) in [5, 5.41) is 11.3. The number of aromatic hydroxyl groups is 1. The minimum absolute atomic E-state index is 0.0213. The van der Waals surface area contributed by atoms with Crippen molar-refractivity contribution in [2.45, 2.75) is 0 Å². The number of anilines is 2. The number of nitrogens with two attached hydrogens (primary N) is 2. The Labute approximate surface area is 69.0 Å². The van der Waals surface area contributed by atoms with Crippen LogP contribution in [0.5, 0.6) is 5.75 Å². The number of hydrogen-bond donors (Lipinski definition) is 4. The second-order valence-electron chi connectivity index (χ2n) is 2.26. The molecule has 1 rings (SSSR count). The van der Waals surface area contributed by atoms with Crippen LogP contribution in [0.4, 0.5) is 16.2 Å². The number of phenolic OH excluding ortho intramolecular Hbond substituents is 1. The first-order chi connectivity index (χ1) is 5.59. The number of nitrogen functional groups attached to an aromatic ring is 1. The molecule has 1 aromatic carbocycles. The molecule has 0 atom stereocenters. The van der Waals surface area contributed by atoms with E-state index in [0.717, 1.165) is 0 Å². The highest BCUT2D eigenvalue weighted by atomic mass is 16.3. The average molecular weight is 167 g/mol. The molecule has 1 aromatic rings. The van der Waals surface area contributed by atoms with Crippen LogP contribution in [0.15, 0.2) is 18.2 Å². The Bertz CT molecular complexity index is 312. The minimum atomic E-state index is -0.715. The van der Waals surface area contributed by atoms with Gasteiger partial charge in [-0.2, -0.15) is 0 Å².